The van der Waals surface area contributed by atoms with Gasteiger partial charge in [-0.1, -0.05) is 48.5 Å². The smallest absolute Gasteiger partial charge is 0.407 e. The summed E-state index contributed by atoms with van der Waals surface area (Å²) in [4.78, 5) is 25.0. The number of carbonyl (C=O) groups is 2. The maximum Gasteiger partial charge on any atom is 0.407 e. The first-order chi connectivity index (χ1) is 13.6. The van der Waals surface area contributed by atoms with Crippen LogP contribution < -0.4 is 5.32 Å². The van der Waals surface area contributed by atoms with Gasteiger partial charge >= 0.3 is 12.1 Å². The summed E-state index contributed by atoms with van der Waals surface area (Å²) in [5.74, 6) is -0.765. The molecule has 0 atom stereocenters. The number of carboxylic acid groups (broad SMARTS) is 1. The summed E-state index contributed by atoms with van der Waals surface area (Å²) in [5.41, 5.74) is 4.80. The van der Waals surface area contributed by atoms with Gasteiger partial charge in [0.2, 0.25) is 0 Å². The number of ether oxygens (including phenoxy) is 1. The van der Waals surface area contributed by atoms with Crippen LogP contribution in [0.4, 0.5) is 4.79 Å². The second kappa shape index (κ2) is 9.29. The SMILES string of the molecule is Cl.O=C(O)CN1CCC(NC(=O)OCC2c3ccccc3-c3ccccc32)CC1. The third-order valence-corrected chi connectivity index (χ3v) is 5.61. The number of hydrogen-bond donors (Lipinski definition) is 2. The Bertz CT molecular complexity index is 835. The Morgan fingerprint density at radius 1 is 1.00 bits per heavy atom. The topological polar surface area (TPSA) is 78.9 Å². The minimum atomic E-state index is -0.817. The first-order valence-corrected chi connectivity index (χ1v) is 9.67. The molecule has 1 aliphatic carbocycles. The average Bonchev–Trinajstić information content (AvgIpc) is 3.01. The van der Waals surface area contributed by atoms with E-state index in [0.717, 1.165) is 12.8 Å². The minimum absolute atomic E-state index is 0. The van der Waals surface area contributed by atoms with E-state index in [2.05, 4.69) is 29.6 Å². The second-order valence-corrected chi connectivity index (χ2v) is 7.41. The zero-order valence-corrected chi connectivity index (χ0v) is 16.9. The van der Waals surface area contributed by atoms with Crippen molar-refractivity contribution in [2.45, 2.75) is 24.8 Å². The number of likely N-dealkylation sites (tertiary alicyclic amines) is 1. The molecule has 2 aliphatic rings. The van der Waals surface area contributed by atoms with Crippen molar-refractivity contribution in [1.82, 2.24) is 10.2 Å². The van der Waals surface area contributed by atoms with Crippen molar-refractivity contribution in [1.29, 1.82) is 0 Å². The van der Waals surface area contributed by atoms with E-state index in [1.807, 2.05) is 29.2 Å². The molecule has 29 heavy (non-hydrogen) atoms. The molecule has 1 saturated heterocycles. The normalized spacial score (nSPS) is 16.4. The molecule has 4 rings (SSSR count). The Balaban J connectivity index is 0.00000240. The molecule has 1 aliphatic heterocycles. The van der Waals surface area contributed by atoms with E-state index in [9.17, 15) is 9.59 Å². The number of aliphatic carboxylic acids is 1. The number of halogens is 1. The lowest BCUT2D eigenvalue weighted by Crippen LogP contribution is -2.46. The van der Waals surface area contributed by atoms with Crippen LogP contribution in [0.3, 0.4) is 0 Å². The minimum Gasteiger partial charge on any atom is -0.480 e. The second-order valence-electron chi connectivity index (χ2n) is 7.41. The number of carboxylic acids is 1. The van der Waals surface area contributed by atoms with Gasteiger partial charge < -0.3 is 15.2 Å². The summed E-state index contributed by atoms with van der Waals surface area (Å²) >= 11 is 0. The van der Waals surface area contributed by atoms with Gasteiger partial charge in [0.05, 0.1) is 6.54 Å². The van der Waals surface area contributed by atoms with Crippen molar-refractivity contribution in [2.24, 2.45) is 0 Å². The Morgan fingerprint density at radius 2 is 1.55 bits per heavy atom. The number of fused-ring (bicyclic) bond motifs is 3. The predicted molar refractivity (Wildman–Crippen MR) is 113 cm³/mol. The van der Waals surface area contributed by atoms with Crippen LogP contribution in [0.25, 0.3) is 11.1 Å². The monoisotopic (exact) mass is 416 g/mol. The first-order valence-electron chi connectivity index (χ1n) is 9.67. The van der Waals surface area contributed by atoms with Gasteiger partial charge in [-0.05, 0) is 35.1 Å². The molecule has 1 heterocycles. The molecule has 154 valence electrons. The highest BCUT2D eigenvalue weighted by Gasteiger charge is 2.29. The lowest BCUT2D eigenvalue weighted by molar-refractivity contribution is -0.138. The van der Waals surface area contributed by atoms with Crippen LogP contribution in [-0.2, 0) is 9.53 Å². The highest BCUT2D eigenvalue weighted by molar-refractivity contribution is 5.85. The maximum absolute atomic E-state index is 12.3. The molecule has 0 radical (unpaired) electrons. The lowest BCUT2D eigenvalue weighted by Gasteiger charge is -2.31. The van der Waals surface area contributed by atoms with E-state index in [0.29, 0.717) is 19.7 Å². The Morgan fingerprint density at radius 3 is 2.10 bits per heavy atom. The van der Waals surface area contributed by atoms with Gasteiger partial charge in [-0.2, -0.15) is 0 Å². The van der Waals surface area contributed by atoms with Crippen molar-refractivity contribution in [2.75, 3.05) is 26.2 Å². The molecule has 2 aromatic carbocycles. The van der Waals surface area contributed by atoms with E-state index >= 15 is 0 Å². The summed E-state index contributed by atoms with van der Waals surface area (Å²) in [6.07, 6.45) is 1.06. The van der Waals surface area contributed by atoms with Gasteiger partial charge in [-0.25, -0.2) is 4.79 Å². The quantitative estimate of drug-likeness (QED) is 0.779. The lowest BCUT2D eigenvalue weighted by atomic mass is 9.98. The van der Waals surface area contributed by atoms with Crippen LogP contribution in [0.15, 0.2) is 48.5 Å². The van der Waals surface area contributed by atoms with Crippen molar-refractivity contribution in [3.05, 3.63) is 59.7 Å². The highest BCUT2D eigenvalue weighted by Crippen LogP contribution is 2.44. The Labute approximate surface area is 176 Å². The molecule has 2 N–H and O–H groups in total. The molecule has 0 unspecified atom stereocenters. The van der Waals surface area contributed by atoms with Crippen LogP contribution in [-0.4, -0.2) is 54.4 Å². The zero-order chi connectivity index (χ0) is 19.5. The number of rotatable bonds is 5. The standard InChI is InChI=1S/C22H24N2O4.ClH/c25-21(26)13-24-11-9-15(10-12-24)23-22(27)28-14-20-18-7-3-1-5-16(18)17-6-2-4-8-19(17)20;/h1-8,15,20H,9-14H2,(H,23,27)(H,25,26);1H. The van der Waals surface area contributed by atoms with E-state index in [-0.39, 0.29) is 30.9 Å². The van der Waals surface area contributed by atoms with E-state index < -0.39 is 12.1 Å². The number of carbonyl (C=O) groups excluding carboxylic acids is 1. The summed E-state index contributed by atoms with van der Waals surface area (Å²) in [5, 5.41) is 11.8. The highest BCUT2D eigenvalue weighted by atomic mass is 35.5. The van der Waals surface area contributed by atoms with Crippen molar-refractivity contribution in [3.63, 3.8) is 0 Å². The predicted octanol–water partition coefficient (Wildman–Crippen LogP) is 3.50. The summed E-state index contributed by atoms with van der Waals surface area (Å²) in [6, 6.07) is 16.5. The fraction of sp³-hybridized carbons (Fsp3) is 0.364. The third kappa shape index (κ3) is 4.71. The summed E-state index contributed by atoms with van der Waals surface area (Å²) < 4.78 is 5.58. The van der Waals surface area contributed by atoms with Crippen molar-refractivity contribution in [3.8, 4) is 11.1 Å². The molecule has 7 heteroatoms. The van der Waals surface area contributed by atoms with Gasteiger partial charge in [-0.3, -0.25) is 9.69 Å². The van der Waals surface area contributed by atoms with Crippen molar-refractivity contribution >= 4 is 24.5 Å². The van der Waals surface area contributed by atoms with E-state index in [1.54, 1.807) is 0 Å². The number of hydrogen-bond acceptors (Lipinski definition) is 4. The first kappa shape index (κ1) is 21.1. The van der Waals surface area contributed by atoms with Gasteiger partial charge in [0.1, 0.15) is 6.61 Å². The molecule has 0 spiro atoms. The molecule has 0 bridgehead atoms. The Kier molecular flexibility index (Phi) is 6.77. The molecule has 1 amide bonds. The third-order valence-electron chi connectivity index (χ3n) is 5.61. The number of benzene rings is 2. The van der Waals surface area contributed by atoms with Gasteiger partial charge in [-0.15, -0.1) is 12.4 Å². The molecule has 0 saturated carbocycles. The fourth-order valence-electron chi connectivity index (χ4n) is 4.23. The summed E-state index contributed by atoms with van der Waals surface area (Å²) in [7, 11) is 0. The molecule has 6 nitrogen and oxygen atoms in total. The van der Waals surface area contributed by atoms with E-state index in [1.165, 1.54) is 22.3 Å². The number of piperidine rings is 1. The summed E-state index contributed by atoms with van der Waals surface area (Å²) in [6.45, 7) is 1.69. The zero-order valence-electron chi connectivity index (χ0n) is 16.0. The average molecular weight is 417 g/mol. The van der Waals surface area contributed by atoms with Crippen LogP contribution in [0.1, 0.15) is 29.9 Å². The van der Waals surface area contributed by atoms with Crippen molar-refractivity contribution < 1.29 is 19.4 Å². The number of nitrogens with zero attached hydrogens (tertiary/aromatic N) is 1. The molecular formula is C22H25ClN2O4. The number of amides is 1. The molecular weight excluding hydrogens is 392 g/mol. The molecule has 1 fully saturated rings. The van der Waals surface area contributed by atoms with Crippen LogP contribution >= 0.6 is 12.4 Å². The molecule has 0 aromatic heterocycles. The molecule has 2 aromatic rings. The van der Waals surface area contributed by atoms with Crippen LogP contribution in [0.5, 0.6) is 0 Å². The fourth-order valence-corrected chi connectivity index (χ4v) is 4.23. The van der Waals surface area contributed by atoms with Crippen LogP contribution in [0, 0.1) is 0 Å². The number of nitrogens with one attached hydrogen (secondary N) is 1. The Hall–Kier alpha value is -2.57. The van der Waals surface area contributed by atoms with Gasteiger partial charge in [0, 0.05) is 25.0 Å². The van der Waals surface area contributed by atoms with E-state index in [4.69, 9.17) is 9.84 Å². The largest absolute Gasteiger partial charge is 0.480 e. The van der Waals surface area contributed by atoms with Gasteiger partial charge in [0.15, 0.2) is 0 Å². The van der Waals surface area contributed by atoms with Gasteiger partial charge in [0.25, 0.3) is 0 Å². The number of alkyl carbamates (subject to hydrolysis) is 1. The van der Waals surface area contributed by atoms with Crippen LogP contribution in [0.2, 0.25) is 0 Å². The maximum atomic E-state index is 12.3.